The third kappa shape index (κ3) is 3.19. The van der Waals surface area contributed by atoms with E-state index >= 15 is 0 Å². The van der Waals surface area contributed by atoms with E-state index in [9.17, 15) is 5.11 Å². The van der Waals surface area contributed by atoms with E-state index in [2.05, 4.69) is 34.6 Å². The molecule has 1 saturated heterocycles. The minimum absolute atomic E-state index is 0.0129. The highest BCUT2D eigenvalue weighted by atomic mass is 16.6. The Morgan fingerprint density at radius 3 is 2.30 bits per heavy atom. The van der Waals surface area contributed by atoms with Crippen molar-refractivity contribution in [1.29, 1.82) is 0 Å². The normalized spacial score (nSPS) is 38.7. The first kappa shape index (κ1) is 17.9. The lowest BCUT2D eigenvalue weighted by Gasteiger charge is -2.57. The van der Waals surface area contributed by atoms with Crippen molar-refractivity contribution >= 4 is 0 Å². The summed E-state index contributed by atoms with van der Waals surface area (Å²) in [6, 6.07) is 0. The van der Waals surface area contributed by atoms with Crippen LogP contribution >= 0.6 is 0 Å². The van der Waals surface area contributed by atoms with Gasteiger partial charge in [0.2, 0.25) is 0 Å². The van der Waals surface area contributed by atoms with E-state index in [1.54, 1.807) is 0 Å². The number of ether oxygens (including phenoxy) is 2. The van der Waals surface area contributed by atoms with Crippen LogP contribution in [0.15, 0.2) is 0 Å². The van der Waals surface area contributed by atoms with Crippen molar-refractivity contribution in [3.8, 4) is 0 Å². The molecule has 4 nitrogen and oxygen atoms in total. The first-order valence-electron chi connectivity index (χ1n) is 7.74. The van der Waals surface area contributed by atoms with E-state index in [-0.39, 0.29) is 48.5 Å². The standard InChI is InChI=1S/C16H32O4/c1-7-13-14(19-10-18)12(3)15(4,5)16(6,20-13)8-11(2)9-17/h11-14,17-18H,7-10H2,1-6H3/t11-,12+,13+,14+,16+/m0/s1. The number of rotatable bonds is 6. The van der Waals surface area contributed by atoms with Crippen LogP contribution in [-0.4, -0.2) is 41.4 Å². The Labute approximate surface area is 123 Å². The molecule has 1 aliphatic heterocycles. The molecular weight excluding hydrogens is 256 g/mol. The van der Waals surface area contributed by atoms with Crippen molar-refractivity contribution in [2.75, 3.05) is 13.4 Å². The topological polar surface area (TPSA) is 58.9 Å². The predicted molar refractivity (Wildman–Crippen MR) is 79.3 cm³/mol. The second-order valence-corrected chi connectivity index (χ2v) is 7.06. The van der Waals surface area contributed by atoms with Crippen molar-refractivity contribution in [2.24, 2.45) is 17.3 Å². The fourth-order valence-electron chi connectivity index (χ4n) is 3.46. The molecule has 0 aromatic rings. The van der Waals surface area contributed by atoms with Gasteiger partial charge in [0.05, 0.1) is 17.8 Å². The van der Waals surface area contributed by atoms with E-state index in [4.69, 9.17) is 14.6 Å². The van der Waals surface area contributed by atoms with Crippen molar-refractivity contribution in [1.82, 2.24) is 0 Å². The molecule has 0 radical (unpaired) electrons. The fraction of sp³-hybridized carbons (Fsp3) is 1.00. The van der Waals surface area contributed by atoms with Crippen LogP contribution in [0.5, 0.6) is 0 Å². The highest BCUT2D eigenvalue weighted by molar-refractivity contribution is 5.03. The Morgan fingerprint density at radius 1 is 1.25 bits per heavy atom. The van der Waals surface area contributed by atoms with Gasteiger partial charge < -0.3 is 19.7 Å². The average molecular weight is 288 g/mol. The van der Waals surface area contributed by atoms with Gasteiger partial charge in [-0.25, -0.2) is 0 Å². The SMILES string of the molecule is CC[C@H]1O[C@](C)(C[C@H](C)CO)C(C)(C)[C@H](C)[C@H]1OCO. The monoisotopic (exact) mass is 288 g/mol. The minimum Gasteiger partial charge on any atom is -0.396 e. The smallest absolute Gasteiger partial charge is 0.144 e. The molecule has 0 unspecified atom stereocenters. The van der Waals surface area contributed by atoms with Crippen LogP contribution in [0.2, 0.25) is 0 Å². The lowest BCUT2D eigenvalue weighted by molar-refractivity contribution is -0.277. The van der Waals surface area contributed by atoms with E-state index < -0.39 is 0 Å². The summed E-state index contributed by atoms with van der Waals surface area (Å²) in [7, 11) is 0. The molecule has 0 aliphatic carbocycles. The molecule has 0 saturated carbocycles. The molecule has 0 spiro atoms. The van der Waals surface area contributed by atoms with Gasteiger partial charge in [0.15, 0.2) is 0 Å². The lowest BCUT2D eigenvalue weighted by atomic mass is 9.60. The third-order valence-corrected chi connectivity index (χ3v) is 5.49. The quantitative estimate of drug-likeness (QED) is 0.738. The molecule has 0 amide bonds. The fourth-order valence-corrected chi connectivity index (χ4v) is 3.46. The molecule has 0 aromatic heterocycles. The molecule has 5 atom stereocenters. The van der Waals surface area contributed by atoms with Gasteiger partial charge in [-0.15, -0.1) is 0 Å². The zero-order chi connectivity index (χ0) is 15.6. The van der Waals surface area contributed by atoms with Gasteiger partial charge in [-0.2, -0.15) is 0 Å². The predicted octanol–water partition coefficient (Wildman–Crippen LogP) is 2.57. The number of hydrogen-bond donors (Lipinski definition) is 2. The Balaban J connectivity index is 3.03. The largest absolute Gasteiger partial charge is 0.396 e. The molecular formula is C16H32O4. The van der Waals surface area contributed by atoms with Gasteiger partial charge in [0, 0.05) is 6.61 Å². The molecule has 120 valence electrons. The Kier molecular flexibility index (Phi) is 6.02. The summed E-state index contributed by atoms with van der Waals surface area (Å²) in [5.74, 6) is 0.475. The summed E-state index contributed by atoms with van der Waals surface area (Å²) in [5.41, 5.74) is -0.396. The summed E-state index contributed by atoms with van der Waals surface area (Å²) in [4.78, 5) is 0. The summed E-state index contributed by atoms with van der Waals surface area (Å²) in [6.45, 7) is 12.8. The summed E-state index contributed by atoms with van der Waals surface area (Å²) < 4.78 is 11.9. The van der Waals surface area contributed by atoms with Crippen LogP contribution in [0.1, 0.15) is 54.4 Å². The molecule has 0 aromatic carbocycles. The number of hydrogen-bond acceptors (Lipinski definition) is 4. The van der Waals surface area contributed by atoms with Gasteiger partial charge in [0.25, 0.3) is 0 Å². The van der Waals surface area contributed by atoms with E-state index in [1.807, 2.05) is 6.92 Å². The van der Waals surface area contributed by atoms with E-state index in [0.717, 1.165) is 12.8 Å². The molecule has 0 bridgehead atoms. The zero-order valence-electron chi connectivity index (χ0n) is 13.8. The third-order valence-electron chi connectivity index (χ3n) is 5.49. The number of aliphatic hydroxyl groups excluding tert-OH is 2. The summed E-state index contributed by atoms with van der Waals surface area (Å²) in [6.07, 6.45) is 1.58. The average Bonchev–Trinajstić information content (AvgIpc) is 2.40. The van der Waals surface area contributed by atoms with E-state index in [1.165, 1.54) is 0 Å². The van der Waals surface area contributed by atoms with E-state index in [0.29, 0.717) is 0 Å². The molecule has 4 heteroatoms. The molecule has 1 aliphatic rings. The van der Waals surface area contributed by atoms with Crippen LogP contribution in [0, 0.1) is 17.3 Å². The van der Waals surface area contributed by atoms with Gasteiger partial charge in [0.1, 0.15) is 6.79 Å². The summed E-state index contributed by atoms with van der Waals surface area (Å²) >= 11 is 0. The van der Waals surface area contributed by atoms with Crippen LogP contribution in [0.3, 0.4) is 0 Å². The molecule has 2 N–H and O–H groups in total. The lowest BCUT2D eigenvalue weighted by Crippen LogP contribution is -2.62. The zero-order valence-corrected chi connectivity index (χ0v) is 13.8. The first-order valence-corrected chi connectivity index (χ1v) is 7.74. The highest BCUT2D eigenvalue weighted by Crippen LogP contribution is 2.51. The highest BCUT2D eigenvalue weighted by Gasteiger charge is 2.55. The maximum Gasteiger partial charge on any atom is 0.144 e. The molecule has 1 heterocycles. The summed E-state index contributed by atoms with van der Waals surface area (Å²) in [5, 5.41) is 18.5. The second kappa shape index (κ2) is 6.73. The molecule has 1 fully saturated rings. The van der Waals surface area contributed by atoms with Crippen molar-refractivity contribution < 1.29 is 19.7 Å². The van der Waals surface area contributed by atoms with Crippen LogP contribution in [-0.2, 0) is 9.47 Å². The second-order valence-electron chi connectivity index (χ2n) is 7.06. The Morgan fingerprint density at radius 2 is 1.85 bits per heavy atom. The Hall–Kier alpha value is -0.160. The maximum atomic E-state index is 9.36. The van der Waals surface area contributed by atoms with Gasteiger partial charge in [-0.3, -0.25) is 0 Å². The van der Waals surface area contributed by atoms with Crippen molar-refractivity contribution in [3.05, 3.63) is 0 Å². The van der Waals surface area contributed by atoms with Gasteiger partial charge >= 0.3 is 0 Å². The van der Waals surface area contributed by atoms with Crippen LogP contribution in [0.25, 0.3) is 0 Å². The van der Waals surface area contributed by atoms with Gasteiger partial charge in [-0.1, -0.05) is 34.6 Å². The minimum atomic E-state index is -0.301. The maximum absolute atomic E-state index is 9.36. The number of aliphatic hydroxyl groups is 2. The molecule has 20 heavy (non-hydrogen) atoms. The van der Waals surface area contributed by atoms with Crippen molar-refractivity contribution in [3.63, 3.8) is 0 Å². The Bertz CT molecular complexity index is 305. The van der Waals surface area contributed by atoms with Crippen LogP contribution in [0.4, 0.5) is 0 Å². The van der Waals surface area contributed by atoms with Gasteiger partial charge in [-0.05, 0) is 37.0 Å². The van der Waals surface area contributed by atoms with Crippen molar-refractivity contribution in [2.45, 2.75) is 72.2 Å². The first-order chi connectivity index (χ1) is 9.23. The molecule has 1 rings (SSSR count). The van der Waals surface area contributed by atoms with Crippen LogP contribution < -0.4 is 0 Å².